The monoisotopic (exact) mass is 365 g/mol. The number of hydrogen-bond acceptors (Lipinski definition) is 5. The van der Waals surface area contributed by atoms with E-state index in [9.17, 15) is 0 Å². The molecule has 0 N–H and O–H groups in total. The van der Waals surface area contributed by atoms with Crippen LogP contribution in [0.4, 0.5) is 0 Å². The largest absolute Gasteiger partial charge is 0.497 e. The number of hydrogen-bond donors (Lipinski definition) is 0. The average Bonchev–Trinajstić information content (AvgIpc) is 3.12. The van der Waals surface area contributed by atoms with Gasteiger partial charge in [-0.15, -0.1) is 10.2 Å². The third-order valence-corrected chi connectivity index (χ3v) is 5.11. The number of ether oxygens (including phenoxy) is 2. The number of fused-ring (bicyclic) bond motifs is 3. The number of nitrogens with zero attached hydrogens (tertiary/aromatic N) is 3. The third-order valence-electron chi connectivity index (χ3n) is 4.10. The predicted octanol–water partition coefficient (Wildman–Crippen LogP) is 4.45. The summed E-state index contributed by atoms with van der Waals surface area (Å²) < 4.78 is 13.0. The van der Waals surface area contributed by atoms with Gasteiger partial charge in [-0.3, -0.25) is 4.40 Å². The summed E-state index contributed by atoms with van der Waals surface area (Å²) in [5.74, 6) is 2.61. The van der Waals surface area contributed by atoms with Crippen LogP contribution in [0.25, 0.3) is 16.6 Å². The number of rotatable bonds is 7. The van der Waals surface area contributed by atoms with Crippen LogP contribution in [-0.4, -0.2) is 34.1 Å². The SMILES string of the molecule is COc1ccc(OCCCSc2nnc3ccc4ccccc4n23)cc1. The summed E-state index contributed by atoms with van der Waals surface area (Å²) >= 11 is 1.70. The van der Waals surface area contributed by atoms with E-state index in [4.69, 9.17) is 9.47 Å². The minimum atomic E-state index is 0.664. The van der Waals surface area contributed by atoms with Crippen LogP contribution in [0, 0.1) is 0 Å². The van der Waals surface area contributed by atoms with Crippen molar-refractivity contribution in [2.75, 3.05) is 19.5 Å². The zero-order valence-electron chi connectivity index (χ0n) is 14.5. The first-order valence-electron chi connectivity index (χ1n) is 8.48. The molecule has 26 heavy (non-hydrogen) atoms. The third kappa shape index (κ3) is 3.46. The van der Waals surface area contributed by atoms with Gasteiger partial charge in [0.15, 0.2) is 10.8 Å². The van der Waals surface area contributed by atoms with E-state index in [1.54, 1.807) is 18.9 Å². The average molecular weight is 365 g/mol. The number of benzene rings is 2. The molecule has 0 atom stereocenters. The van der Waals surface area contributed by atoms with E-state index in [1.165, 1.54) is 5.39 Å². The maximum Gasteiger partial charge on any atom is 0.196 e. The van der Waals surface area contributed by atoms with E-state index < -0.39 is 0 Å². The van der Waals surface area contributed by atoms with Crippen molar-refractivity contribution in [3.63, 3.8) is 0 Å². The Kier molecular flexibility index (Phi) is 4.93. The topological polar surface area (TPSA) is 48.7 Å². The minimum Gasteiger partial charge on any atom is -0.497 e. The van der Waals surface area contributed by atoms with Gasteiger partial charge in [0.05, 0.1) is 19.2 Å². The molecule has 0 bridgehead atoms. The summed E-state index contributed by atoms with van der Waals surface area (Å²) in [6, 6.07) is 20.0. The van der Waals surface area contributed by atoms with Crippen LogP contribution >= 0.6 is 11.8 Å². The molecular weight excluding hydrogens is 346 g/mol. The number of para-hydroxylation sites is 1. The lowest BCUT2D eigenvalue weighted by atomic mass is 10.2. The van der Waals surface area contributed by atoms with Crippen molar-refractivity contribution >= 4 is 28.3 Å². The maximum absolute atomic E-state index is 5.77. The van der Waals surface area contributed by atoms with Gasteiger partial charge in [-0.2, -0.15) is 0 Å². The quantitative estimate of drug-likeness (QED) is 0.358. The molecule has 5 nitrogen and oxygen atoms in total. The Bertz CT molecular complexity index is 1010. The number of pyridine rings is 1. The molecule has 2 aromatic heterocycles. The van der Waals surface area contributed by atoms with Crippen LogP contribution in [0.1, 0.15) is 6.42 Å². The van der Waals surface area contributed by atoms with E-state index in [0.29, 0.717) is 6.61 Å². The van der Waals surface area contributed by atoms with Gasteiger partial charge in [0.25, 0.3) is 0 Å². The molecule has 0 spiro atoms. The molecule has 2 aromatic carbocycles. The molecule has 4 rings (SSSR count). The molecule has 6 heteroatoms. The van der Waals surface area contributed by atoms with Crippen LogP contribution in [0.15, 0.2) is 65.8 Å². The van der Waals surface area contributed by atoms with Crippen molar-refractivity contribution in [2.24, 2.45) is 0 Å². The summed E-state index contributed by atoms with van der Waals surface area (Å²) in [6.07, 6.45) is 0.927. The first kappa shape index (κ1) is 16.7. The van der Waals surface area contributed by atoms with Gasteiger partial charge >= 0.3 is 0 Å². The second kappa shape index (κ2) is 7.66. The molecule has 0 saturated heterocycles. The van der Waals surface area contributed by atoms with Gasteiger partial charge in [-0.05, 0) is 54.3 Å². The first-order valence-corrected chi connectivity index (χ1v) is 9.46. The molecule has 0 amide bonds. The highest BCUT2D eigenvalue weighted by Crippen LogP contribution is 2.23. The van der Waals surface area contributed by atoms with E-state index >= 15 is 0 Å². The molecule has 0 aliphatic carbocycles. The molecule has 4 aromatic rings. The van der Waals surface area contributed by atoms with Crippen molar-refractivity contribution in [2.45, 2.75) is 11.6 Å². The highest BCUT2D eigenvalue weighted by Gasteiger charge is 2.09. The molecule has 0 aliphatic rings. The zero-order chi connectivity index (χ0) is 17.8. The molecule has 0 fully saturated rings. The van der Waals surface area contributed by atoms with Crippen molar-refractivity contribution in [3.05, 3.63) is 60.7 Å². The van der Waals surface area contributed by atoms with Crippen molar-refractivity contribution in [1.82, 2.24) is 14.6 Å². The van der Waals surface area contributed by atoms with Gasteiger partial charge in [-0.1, -0.05) is 30.0 Å². The minimum absolute atomic E-state index is 0.664. The van der Waals surface area contributed by atoms with E-state index in [2.05, 4.69) is 32.8 Å². The summed E-state index contributed by atoms with van der Waals surface area (Å²) in [7, 11) is 1.66. The van der Waals surface area contributed by atoms with E-state index in [0.717, 1.165) is 40.0 Å². The van der Waals surface area contributed by atoms with Gasteiger partial charge in [0.1, 0.15) is 11.5 Å². The molecular formula is C20H19N3O2S. The molecule has 0 unspecified atom stereocenters. The molecule has 2 heterocycles. The Morgan fingerprint density at radius 1 is 0.923 bits per heavy atom. The van der Waals surface area contributed by atoms with Gasteiger partial charge in [0.2, 0.25) is 0 Å². The highest BCUT2D eigenvalue weighted by molar-refractivity contribution is 7.99. The zero-order valence-corrected chi connectivity index (χ0v) is 15.3. The summed E-state index contributed by atoms with van der Waals surface area (Å²) in [4.78, 5) is 0. The predicted molar refractivity (Wildman–Crippen MR) is 104 cm³/mol. The van der Waals surface area contributed by atoms with Crippen LogP contribution in [-0.2, 0) is 0 Å². The van der Waals surface area contributed by atoms with E-state index in [-0.39, 0.29) is 0 Å². The Balaban J connectivity index is 1.37. The summed E-state index contributed by atoms with van der Waals surface area (Å²) in [6.45, 7) is 0.664. The highest BCUT2D eigenvalue weighted by atomic mass is 32.2. The van der Waals surface area contributed by atoms with Crippen LogP contribution in [0.3, 0.4) is 0 Å². The fourth-order valence-corrected chi connectivity index (χ4v) is 3.65. The van der Waals surface area contributed by atoms with Gasteiger partial charge < -0.3 is 9.47 Å². The Morgan fingerprint density at radius 2 is 1.73 bits per heavy atom. The molecule has 0 radical (unpaired) electrons. The molecule has 0 aliphatic heterocycles. The van der Waals surface area contributed by atoms with Crippen molar-refractivity contribution in [1.29, 1.82) is 0 Å². The Morgan fingerprint density at radius 3 is 2.58 bits per heavy atom. The summed E-state index contributed by atoms with van der Waals surface area (Å²) in [5, 5.41) is 10.7. The van der Waals surface area contributed by atoms with Crippen LogP contribution in [0.5, 0.6) is 11.5 Å². The molecule has 132 valence electrons. The van der Waals surface area contributed by atoms with Crippen molar-refractivity contribution < 1.29 is 9.47 Å². The number of thioether (sulfide) groups is 1. The maximum atomic E-state index is 5.77. The second-order valence-electron chi connectivity index (χ2n) is 5.79. The second-order valence-corrected chi connectivity index (χ2v) is 6.86. The van der Waals surface area contributed by atoms with Crippen LogP contribution < -0.4 is 9.47 Å². The standard InChI is InChI=1S/C20H19N3O2S/c1-24-16-8-10-17(11-9-16)25-13-4-14-26-20-22-21-19-12-7-15-5-2-3-6-18(15)23(19)20/h2-3,5-12H,4,13-14H2,1H3. The Labute approximate surface area is 156 Å². The van der Waals surface area contributed by atoms with Crippen molar-refractivity contribution in [3.8, 4) is 11.5 Å². The fourth-order valence-electron chi connectivity index (χ4n) is 2.79. The summed E-state index contributed by atoms with van der Waals surface area (Å²) in [5.41, 5.74) is 2.01. The fraction of sp³-hybridized carbons (Fsp3) is 0.200. The normalized spacial score (nSPS) is 11.1. The Hall–Kier alpha value is -2.73. The molecule has 0 saturated carbocycles. The van der Waals surface area contributed by atoms with Gasteiger partial charge in [0, 0.05) is 5.75 Å². The number of aromatic nitrogens is 3. The first-order chi connectivity index (χ1) is 12.8. The van der Waals surface area contributed by atoms with Gasteiger partial charge in [-0.25, -0.2) is 0 Å². The number of methoxy groups -OCH3 is 1. The lowest BCUT2D eigenvalue weighted by Gasteiger charge is -2.07. The van der Waals surface area contributed by atoms with E-state index in [1.807, 2.05) is 42.5 Å². The smallest absolute Gasteiger partial charge is 0.196 e. The van der Waals surface area contributed by atoms with Crippen LogP contribution in [0.2, 0.25) is 0 Å². The lowest BCUT2D eigenvalue weighted by molar-refractivity contribution is 0.318. The lowest BCUT2D eigenvalue weighted by Crippen LogP contribution is -1.99.